The number of piperidine rings is 1. The van der Waals surface area contributed by atoms with Crippen molar-refractivity contribution in [3.63, 3.8) is 0 Å². The molecule has 4 rings (SSSR count). The van der Waals surface area contributed by atoms with Crippen LogP contribution in [0.1, 0.15) is 40.9 Å². The molecule has 4 heterocycles. The number of pyridine rings is 1. The Morgan fingerprint density at radius 3 is 2.86 bits per heavy atom. The predicted molar refractivity (Wildman–Crippen MR) is 109 cm³/mol. The van der Waals surface area contributed by atoms with Gasteiger partial charge >= 0.3 is 0 Å². The Morgan fingerprint density at radius 2 is 2.07 bits per heavy atom. The quantitative estimate of drug-likeness (QED) is 0.819. The van der Waals surface area contributed by atoms with Crippen LogP contribution in [0.5, 0.6) is 0 Å². The zero-order chi connectivity index (χ0) is 20.2. The summed E-state index contributed by atoms with van der Waals surface area (Å²) in [5, 5.41) is 2.95. The van der Waals surface area contributed by atoms with Crippen LogP contribution in [0.2, 0.25) is 0 Å². The topological polar surface area (TPSA) is 79.2 Å². The number of hydrogen-bond acceptors (Lipinski definition) is 5. The highest BCUT2D eigenvalue weighted by Crippen LogP contribution is 2.20. The predicted octanol–water partition coefficient (Wildman–Crippen LogP) is 1.27. The molecule has 2 fully saturated rings. The number of likely N-dealkylation sites (tertiary alicyclic amines) is 1. The normalized spacial score (nSPS) is 20.7. The van der Waals surface area contributed by atoms with E-state index in [1.165, 1.54) is 0 Å². The molecule has 2 aliphatic rings. The molecule has 2 saturated heterocycles. The van der Waals surface area contributed by atoms with Gasteiger partial charge in [-0.1, -0.05) is 13.0 Å². The van der Waals surface area contributed by atoms with Crippen molar-refractivity contribution < 1.29 is 14.3 Å². The molecular formula is C21H29N5O3. The van der Waals surface area contributed by atoms with Gasteiger partial charge in [-0.3, -0.25) is 18.9 Å². The number of imidazole rings is 1. The number of rotatable bonds is 5. The van der Waals surface area contributed by atoms with E-state index >= 15 is 0 Å². The van der Waals surface area contributed by atoms with Gasteiger partial charge in [0.05, 0.1) is 18.7 Å². The summed E-state index contributed by atoms with van der Waals surface area (Å²) in [7, 11) is 0. The Labute approximate surface area is 170 Å². The fraction of sp³-hybridized carbons (Fsp3) is 0.571. The summed E-state index contributed by atoms with van der Waals surface area (Å²) in [5.74, 6) is 0.402. The number of nitrogens with zero attached hydrogens (tertiary/aromatic N) is 4. The molecule has 0 spiro atoms. The highest BCUT2D eigenvalue weighted by molar-refractivity contribution is 6.02. The average molecular weight is 399 g/mol. The Kier molecular flexibility index (Phi) is 6.10. The summed E-state index contributed by atoms with van der Waals surface area (Å²) in [6.07, 6.45) is 3.94. The van der Waals surface area contributed by atoms with Crippen LogP contribution in [-0.4, -0.2) is 83.5 Å². The minimum atomic E-state index is -0.259. The number of carbonyl (C=O) groups is 2. The molecule has 0 bridgehead atoms. The smallest absolute Gasteiger partial charge is 0.287 e. The Morgan fingerprint density at radius 1 is 1.24 bits per heavy atom. The van der Waals surface area contributed by atoms with Gasteiger partial charge in [-0.05, 0) is 30.9 Å². The molecular weight excluding hydrogens is 370 g/mol. The van der Waals surface area contributed by atoms with Gasteiger partial charge in [-0.2, -0.15) is 0 Å². The fourth-order valence-corrected chi connectivity index (χ4v) is 4.11. The molecule has 8 heteroatoms. The van der Waals surface area contributed by atoms with E-state index in [-0.39, 0.29) is 17.6 Å². The third kappa shape index (κ3) is 4.43. The van der Waals surface area contributed by atoms with E-state index in [0.717, 1.165) is 58.8 Å². The molecule has 0 aromatic carbocycles. The molecule has 1 N–H and O–H groups in total. The summed E-state index contributed by atoms with van der Waals surface area (Å²) in [4.78, 5) is 34.5. The van der Waals surface area contributed by atoms with Crippen LogP contribution in [-0.2, 0) is 4.74 Å². The first-order valence-corrected chi connectivity index (χ1v) is 10.5. The number of morpholine rings is 1. The molecule has 2 amide bonds. The lowest BCUT2D eigenvalue weighted by Crippen LogP contribution is -2.41. The van der Waals surface area contributed by atoms with Crippen LogP contribution in [0.4, 0.5) is 0 Å². The molecule has 0 saturated carbocycles. The highest BCUT2D eigenvalue weighted by Gasteiger charge is 2.27. The van der Waals surface area contributed by atoms with E-state index in [4.69, 9.17) is 4.74 Å². The molecule has 29 heavy (non-hydrogen) atoms. The van der Waals surface area contributed by atoms with E-state index in [2.05, 4.69) is 22.1 Å². The van der Waals surface area contributed by atoms with E-state index in [1.54, 1.807) is 10.6 Å². The number of carbonyl (C=O) groups excluding carboxylic acids is 2. The lowest BCUT2D eigenvalue weighted by atomic mass is 10.00. The maximum Gasteiger partial charge on any atom is 0.287 e. The van der Waals surface area contributed by atoms with Crippen LogP contribution in [0.15, 0.2) is 24.4 Å². The van der Waals surface area contributed by atoms with Crippen molar-refractivity contribution in [3.05, 3.63) is 35.9 Å². The van der Waals surface area contributed by atoms with Gasteiger partial charge in [0, 0.05) is 45.5 Å². The van der Waals surface area contributed by atoms with E-state index in [9.17, 15) is 9.59 Å². The first-order valence-electron chi connectivity index (χ1n) is 10.5. The maximum absolute atomic E-state index is 13.1. The van der Waals surface area contributed by atoms with Crippen LogP contribution >= 0.6 is 0 Å². The maximum atomic E-state index is 13.1. The second-order valence-corrected chi connectivity index (χ2v) is 7.95. The number of amides is 2. The van der Waals surface area contributed by atoms with E-state index in [0.29, 0.717) is 23.7 Å². The summed E-state index contributed by atoms with van der Waals surface area (Å²) in [5.41, 5.74) is 1.03. The van der Waals surface area contributed by atoms with Gasteiger partial charge in [0.15, 0.2) is 5.69 Å². The lowest BCUT2D eigenvalue weighted by molar-refractivity contribution is 0.0383. The van der Waals surface area contributed by atoms with Crippen LogP contribution in [0.25, 0.3) is 5.52 Å². The number of ether oxygens (including phenoxy) is 1. The minimum absolute atomic E-state index is 0.0902. The van der Waals surface area contributed by atoms with Crippen molar-refractivity contribution in [1.82, 2.24) is 24.5 Å². The number of aromatic nitrogens is 2. The molecule has 0 aliphatic carbocycles. The number of hydrogen-bond donors (Lipinski definition) is 1. The van der Waals surface area contributed by atoms with Crippen LogP contribution < -0.4 is 5.32 Å². The highest BCUT2D eigenvalue weighted by atomic mass is 16.5. The molecule has 156 valence electrons. The first kappa shape index (κ1) is 19.8. The largest absolute Gasteiger partial charge is 0.379 e. The second-order valence-electron chi connectivity index (χ2n) is 7.95. The molecule has 2 aromatic rings. The Balaban J connectivity index is 1.49. The average Bonchev–Trinajstić information content (AvgIpc) is 3.14. The van der Waals surface area contributed by atoms with Crippen molar-refractivity contribution in [2.45, 2.75) is 19.8 Å². The van der Waals surface area contributed by atoms with Gasteiger partial charge < -0.3 is 15.0 Å². The number of fused-ring (bicyclic) bond motifs is 1. The third-order valence-corrected chi connectivity index (χ3v) is 5.72. The second kappa shape index (κ2) is 8.92. The van der Waals surface area contributed by atoms with Crippen molar-refractivity contribution in [1.29, 1.82) is 0 Å². The van der Waals surface area contributed by atoms with E-state index in [1.807, 2.05) is 23.1 Å². The Bertz CT molecular complexity index is 874. The SMILES string of the molecule is CC1CCCN(C(=O)c2nc(C(=O)NCCN3CCOCC3)n3ccccc23)C1. The molecule has 2 aliphatic heterocycles. The zero-order valence-corrected chi connectivity index (χ0v) is 17.0. The lowest BCUT2D eigenvalue weighted by Gasteiger charge is -2.30. The van der Waals surface area contributed by atoms with Gasteiger partial charge in [-0.15, -0.1) is 0 Å². The molecule has 1 atom stereocenters. The summed E-state index contributed by atoms with van der Waals surface area (Å²) >= 11 is 0. The van der Waals surface area contributed by atoms with Gasteiger partial charge in [-0.25, -0.2) is 4.98 Å². The summed E-state index contributed by atoms with van der Waals surface area (Å²) in [6, 6.07) is 5.56. The van der Waals surface area contributed by atoms with Crippen LogP contribution in [0.3, 0.4) is 0 Å². The monoisotopic (exact) mass is 399 g/mol. The minimum Gasteiger partial charge on any atom is -0.379 e. The van der Waals surface area contributed by atoms with Crippen molar-refractivity contribution in [3.8, 4) is 0 Å². The van der Waals surface area contributed by atoms with Gasteiger partial charge in [0.1, 0.15) is 0 Å². The van der Waals surface area contributed by atoms with Gasteiger partial charge in [0.25, 0.3) is 11.8 Å². The van der Waals surface area contributed by atoms with Crippen molar-refractivity contribution in [2.75, 3.05) is 52.5 Å². The van der Waals surface area contributed by atoms with Crippen molar-refractivity contribution >= 4 is 17.3 Å². The molecule has 1 unspecified atom stereocenters. The van der Waals surface area contributed by atoms with E-state index < -0.39 is 0 Å². The van der Waals surface area contributed by atoms with Gasteiger partial charge in [0.2, 0.25) is 5.82 Å². The number of nitrogens with one attached hydrogen (secondary N) is 1. The van der Waals surface area contributed by atoms with Crippen molar-refractivity contribution in [2.24, 2.45) is 5.92 Å². The molecule has 2 aromatic heterocycles. The Hall–Kier alpha value is -2.45. The zero-order valence-electron chi connectivity index (χ0n) is 17.0. The van der Waals surface area contributed by atoms with Crippen LogP contribution in [0, 0.1) is 5.92 Å². The fourth-order valence-electron chi connectivity index (χ4n) is 4.11. The first-order chi connectivity index (χ1) is 14.1. The third-order valence-electron chi connectivity index (χ3n) is 5.72. The standard InChI is InChI=1S/C21H29N5O3/c1-16-5-4-8-25(15-16)21(28)18-17-6-2-3-9-26(17)19(23-18)20(27)22-7-10-24-11-13-29-14-12-24/h2-3,6,9,16H,4-5,7-8,10-15H2,1H3,(H,22,27). The summed E-state index contributed by atoms with van der Waals surface area (Å²) in [6.45, 7) is 8.20. The molecule has 8 nitrogen and oxygen atoms in total. The molecule has 0 radical (unpaired) electrons. The summed E-state index contributed by atoms with van der Waals surface area (Å²) < 4.78 is 7.06.